The first-order valence-corrected chi connectivity index (χ1v) is 8.99. The zero-order chi connectivity index (χ0) is 17.3. The van der Waals surface area contributed by atoms with Crippen molar-refractivity contribution in [3.8, 4) is 5.88 Å². The number of pyridine rings is 1. The maximum atomic E-state index is 5.95. The van der Waals surface area contributed by atoms with Crippen LogP contribution < -0.4 is 15.8 Å². The molecule has 3 N–H and O–H groups in total. The topological polar surface area (TPSA) is 72.5 Å². The van der Waals surface area contributed by atoms with Gasteiger partial charge >= 0.3 is 0 Å². The molecule has 132 valence electrons. The fourth-order valence-electron chi connectivity index (χ4n) is 3.00. The zero-order valence-electron chi connectivity index (χ0n) is 14.5. The maximum Gasteiger partial charge on any atom is 0.213 e. The van der Waals surface area contributed by atoms with Crippen molar-refractivity contribution in [1.82, 2.24) is 10.3 Å². The average Bonchev–Trinajstić information content (AvgIpc) is 3.14. The number of benzene rings is 1. The average molecular weight is 338 g/mol. The number of nitrogens with one attached hydrogen (secondary N) is 1. The van der Waals surface area contributed by atoms with Gasteiger partial charge in [-0.05, 0) is 49.3 Å². The molecule has 5 heteroatoms. The molecule has 1 saturated carbocycles. The summed E-state index contributed by atoms with van der Waals surface area (Å²) >= 11 is 0. The fourth-order valence-corrected chi connectivity index (χ4v) is 3.00. The Labute approximate surface area is 149 Å². The van der Waals surface area contributed by atoms with E-state index in [1.54, 1.807) is 6.20 Å². The SMILES string of the molecule is NC(=NCc1ccnc(OC2CCCC2)c1)NCCc1ccccc1. The van der Waals surface area contributed by atoms with Gasteiger partial charge in [-0.3, -0.25) is 0 Å². The summed E-state index contributed by atoms with van der Waals surface area (Å²) in [5.41, 5.74) is 8.28. The Kier molecular flexibility index (Phi) is 6.26. The molecule has 25 heavy (non-hydrogen) atoms. The second kappa shape index (κ2) is 9.06. The van der Waals surface area contributed by atoms with Crippen LogP contribution in [0, 0.1) is 0 Å². The predicted molar refractivity (Wildman–Crippen MR) is 101 cm³/mol. The van der Waals surface area contributed by atoms with E-state index in [1.165, 1.54) is 18.4 Å². The van der Waals surface area contributed by atoms with Gasteiger partial charge in [0.2, 0.25) is 5.88 Å². The normalized spacial score (nSPS) is 15.3. The highest BCUT2D eigenvalue weighted by Crippen LogP contribution is 2.23. The summed E-state index contributed by atoms with van der Waals surface area (Å²) in [7, 11) is 0. The van der Waals surface area contributed by atoms with Crippen LogP contribution in [0.3, 0.4) is 0 Å². The molecule has 0 spiro atoms. The zero-order valence-corrected chi connectivity index (χ0v) is 14.5. The Hall–Kier alpha value is -2.56. The number of aromatic nitrogens is 1. The van der Waals surface area contributed by atoms with Crippen molar-refractivity contribution in [2.45, 2.75) is 44.8 Å². The van der Waals surface area contributed by atoms with E-state index in [9.17, 15) is 0 Å². The van der Waals surface area contributed by atoms with Crippen molar-refractivity contribution in [3.05, 3.63) is 59.8 Å². The molecule has 5 nitrogen and oxygen atoms in total. The van der Waals surface area contributed by atoms with Gasteiger partial charge in [0.05, 0.1) is 6.54 Å². The van der Waals surface area contributed by atoms with Gasteiger partial charge in [-0.25, -0.2) is 9.98 Å². The summed E-state index contributed by atoms with van der Waals surface area (Å²) in [6.07, 6.45) is 7.76. The summed E-state index contributed by atoms with van der Waals surface area (Å²) in [6.45, 7) is 1.29. The molecule has 0 aliphatic heterocycles. The number of guanidine groups is 1. The number of nitrogens with two attached hydrogens (primary N) is 1. The van der Waals surface area contributed by atoms with E-state index in [0.29, 0.717) is 24.5 Å². The van der Waals surface area contributed by atoms with Gasteiger partial charge in [0.25, 0.3) is 0 Å². The highest BCUT2D eigenvalue weighted by atomic mass is 16.5. The molecular formula is C20H26N4O. The van der Waals surface area contributed by atoms with Crippen LogP contribution in [-0.4, -0.2) is 23.6 Å². The summed E-state index contributed by atoms with van der Waals surface area (Å²) in [6, 6.07) is 14.2. The lowest BCUT2D eigenvalue weighted by atomic mass is 10.1. The van der Waals surface area contributed by atoms with Gasteiger partial charge < -0.3 is 15.8 Å². The minimum Gasteiger partial charge on any atom is -0.474 e. The molecule has 0 unspecified atom stereocenters. The van der Waals surface area contributed by atoms with Crippen molar-refractivity contribution in [1.29, 1.82) is 0 Å². The lowest BCUT2D eigenvalue weighted by Crippen LogP contribution is -2.33. The van der Waals surface area contributed by atoms with E-state index in [4.69, 9.17) is 10.5 Å². The highest BCUT2D eigenvalue weighted by molar-refractivity contribution is 5.77. The number of nitrogens with zero attached hydrogens (tertiary/aromatic N) is 2. The molecule has 0 saturated heterocycles. The molecule has 0 radical (unpaired) electrons. The lowest BCUT2D eigenvalue weighted by molar-refractivity contribution is 0.201. The van der Waals surface area contributed by atoms with Gasteiger partial charge in [-0.15, -0.1) is 0 Å². The van der Waals surface area contributed by atoms with Crippen LogP contribution in [0.1, 0.15) is 36.8 Å². The number of hydrogen-bond acceptors (Lipinski definition) is 3. The Morgan fingerprint density at radius 1 is 1.16 bits per heavy atom. The molecule has 3 rings (SSSR count). The Balaban J connectivity index is 1.45. The van der Waals surface area contributed by atoms with Crippen LogP contribution in [0.25, 0.3) is 0 Å². The second-order valence-corrected chi connectivity index (χ2v) is 6.39. The van der Waals surface area contributed by atoms with Crippen LogP contribution in [0.4, 0.5) is 0 Å². The van der Waals surface area contributed by atoms with Crippen LogP contribution in [-0.2, 0) is 13.0 Å². The predicted octanol–water partition coefficient (Wildman–Crippen LogP) is 3.05. The van der Waals surface area contributed by atoms with Gasteiger partial charge in [0.15, 0.2) is 5.96 Å². The molecule has 1 fully saturated rings. The summed E-state index contributed by atoms with van der Waals surface area (Å²) < 4.78 is 5.93. The third kappa shape index (κ3) is 5.78. The number of aliphatic imine (C=N–C) groups is 1. The van der Waals surface area contributed by atoms with Crippen molar-refractivity contribution >= 4 is 5.96 Å². The van der Waals surface area contributed by atoms with Crippen LogP contribution in [0.5, 0.6) is 5.88 Å². The molecule has 1 aliphatic carbocycles. The van der Waals surface area contributed by atoms with E-state index >= 15 is 0 Å². The minimum absolute atomic E-state index is 0.316. The van der Waals surface area contributed by atoms with Crippen molar-refractivity contribution in [3.63, 3.8) is 0 Å². The lowest BCUT2D eigenvalue weighted by Gasteiger charge is -2.12. The molecule has 1 heterocycles. The fraction of sp³-hybridized carbons (Fsp3) is 0.400. The molecular weight excluding hydrogens is 312 g/mol. The highest BCUT2D eigenvalue weighted by Gasteiger charge is 2.16. The second-order valence-electron chi connectivity index (χ2n) is 6.39. The third-order valence-electron chi connectivity index (χ3n) is 4.38. The van der Waals surface area contributed by atoms with Crippen molar-refractivity contribution < 1.29 is 4.74 Å². The van der Waals surface area contributed by atoms with Crippen LogP contribution in [0.2, 0.25) is 0 Å². The van der Waals surface area contributed by atoms with Gasteiger partial charge in [0.1, 0.15) is 6.10 Å². The first-order valence-electron chi connectivity index (χ1n) is 8.99. The molecule has 0 amide bonds. The summed E-state index contributed by atoms with van der Waals surface area (Å²) in [5.74, 6) is 1.15. The molecule has 0 bridgehead atoms. The van der Waals surface area contributed by atoms with Gasteiger partial charge in [0, 0.05) is 18.8 Å². The largest absolute Gasteiger partial charge is 0.474 e. The first kappa shape index (κ1) is 17.3. The first-order chi connectivity index (χ1) is 12.3. The quantitative estimate of drug-likeness (QED) is 0.601. The number of hydrogen-bond donors (Lipinski definition) is 2. The molecule has 2 aromatic rings. The van der Waals surface area contributed by atoms with Gasteiger partial charge in [-0.2, -0.15) is 0 Å². The molecule has 1 aromatic heterocycles. The Morgan fingerprint density at radius 2 is 1.96 bits per heavy atom. The monoisotopic (exact) mass is 338 g/mol. The van der Waals surface area contributed by atoms with E-state index in [2.05, 4.69) is 27.4 Å². The molecule has 1 aromatic carbocycles. The van der Waals surface area contributed by atoms with Crippen molar-refractivity contribution in [2.75, 3.05) is 6.54 Å². The maximum absolute atomic E-state index is 5.95. The molecule has 1 aliphatic rings. The standard InChI is InChI=1S/C20H26N4O/c21-20(23-13-10-16-6-2-1-3-7-16)24-15-17-11-12-22-19(14-17)25-18-8-4-5-9-18/h1-3,6-7,11-12,14,18H,4-5,8-10,13,15H2,(H3,21,23,24). The van der Waals surface area contributed by atoms with E-state index in [0.717, 1.165) is 31.4 Å². The number of ether oxygens (including phenoxy) is 1. The van der Waals surface area contributed by atoms with E-state index < -0.39 is 0 Å². The van der Waals surface area contributed by atoms with Crippen molar-refractivity contribution in [2.24, 2.45) is 10.7 Å². The van der Waals surface area contributed by atoms with Crippen LogP contribution in [0.15, 0.2) is 53.7 Å². The van der Waals surface area contributed by atoms with Gasteiger partial charge in [-0.1, -0.05) is 30.3 Å². The summed E-state index contributed by atoms with van der Waals surface area (Å²) in [5, 5.41) is 3.16. The third-order valence-corrected chi connectivity index (χ3v) is 4.38. The molecule has 0 atom stereocenters. The number of rotatable bonds is 7. The van der Waals surface area contributed by atoms with E-state index in [-0.39, 0.29) is 0 Å². The Bertz CT molecular complexity index is 681. The Morgan fingerprint density at radius 3 is 2.76 bits per heavy atom. The summed E-state index contributed by atoms with van der Waals surface area (Å²) in [4.78, 5) is 8.69. The van der Waals surface area contributed by atoms with E-state index in [1.807, 2.05) is 30.3 Å². The smallest absolute Gasteiger partial charge is 0.213 e. The minimum atomic E-state index is 0.316. The van der Waals surface area contributed by atoms with Crippen LogP contribution >= 0.6 is 0 Å².